The van der Waals surface area contributed by atoms with Crippen molar-refractivity contribution in [2.45, 2.75) is 38.5 Å². The Kier molecular flexibility index (Phi) is 5.41. The number of primary amides is 2. The minimum atomic E-state index is -0.529. The van der Waals surface area contributed by atoms with Crippen LogP contribution >= 0.6 is 0 Å². The molecule has 0 spiro atoms. The second-order valence-electron chi connectivity index (χ2n) is 5.19. The number of unbranched alkanes of at least 4 members (excludes halogenated alkanes) is 3. The Morgan fingerprint density at radius 1 is 0.773 bits per heavy atom. The Bertz CT molecular complexity index is 586. The van der Waals surface area contributed by atoms with Gasteiger partial charge in [-0.15, -0.1) is 0 Å². The number of furan rings is 2. The molecule has 4 N–H and O–H groups in total. The van der Waals surface area contributed by atoms with Gasteiger partial charge in [-0.2, -0.15) is 0 Å². The third kappa shape index (κ3) is 4.00. The number of amides is 2. The fraction of sp³-hybridized carbons (Fsp3) is 0.375. The van der Waals surface area contributed by atoms with Gasteiger partial charge in [0.15, 0.2) is 11.5 Å². The van der Waals surface area contributed by atoms with Crippen molar-refractivity contribution in [1.82, 2.24) is 0 Å². The predicted octanol–water partition coefficient (Wildman–Crippen LogP) is 2.42. The summed E-state index contributed by atoms with van der Waals surface area (Å²) in [5.74, 6) is -0.549. The summed E-state index contributed by atoms with van der Waals surface area (Å²) in [5, 5.41) is 0. The lowest BCUT2D eigenvalue weighted by molar-refractivity contribution is 0.0964. The minimum Gasteiger partial charge on any atom is -0.459 e. The SMILES string of the molecule is NC(=O)c1occc1CCCCCCc1ccoc1C(N)=O. The van der Waals surface area contributed by atoms with Crippen LogP contribution in [0.5, 0.6) is 0 Å². The molecule has 0 aliphatic carbocycles. The van der Waals surface area contributed by atoms with Gasteiger partial charge in [0, 0.05) is 11.1 Å². The maximum absolute atomic E-state index is 11.1. The van der Waals surface area contributed by atoms with Gasteiger partial charge in [0.25, 0.3) is 11.8 Å². The number of carbonyl (C=O) groups is 2. The fourth-order valence-electron chi connectivity index (χ4n) is 2.48. The van der Waals surface area contributed by atoms with Gasteiger partial charge >= 0.3 is 0 Å². The molecule has 118 valence electrons. The van der Waals surface area contributed by atoms with Crippen LogP contribution in [-0.4, -0.2) is 11.8 Å². The van der Waals surface area contributed by atoms with E-state index >= 15 is 0 Å². The molecule has 0 aliphatic rings. The first-order chi connectivity index (χ1) is 10.6. The predicted molar refractivity (Wildman–Crippen MR) is 80.3 cm³/mol. The highest BCUT2D eigenvalue weighted by Gasteiger charge is 2.12. The molecule has 0 aliphatic heterocycles. The molecule has 0 aromatic carbocycles. The van der Waals surface area contributed by atoms with Crippen LogP contribution in [0, 0.1) is 0 Å². The highest BCUT2D eigenvalue weighted by Crippen LogP contribution is 2.16. The summed E-state index contributed by atoms with van der Waals surface area (Å²) < 4.78 is 10.1. The van der Waals surface area contributed by atoms with E-state index in [1.54, 1.807) is 12.1 Å². The zero-order valence-electron chi connectivity index (χ0n) is 12.3. The summed E-state index contributed by atoms with van der Waals surface area (Å²) in [4.78, 5) is 22.2. The third-order valence-electron chi connectivity index (χ3n) is 3.58. The molecular weight excluding hydrogens is 284 g/mol. The first-order valence-electron chi connectivity index (χ1n) is 7.32. The van der Waals surface area contributed by atoms with Crippen molar-refractivity contribution >= 4 is 11.8 Å². The summed E-state index contributed by atoms with van der Waals surface area (Å²) in [5.41, 5.74) is 12.2. The average Bonchev–Trinajstić information content (AvgIpc) is 3.11. The lowest BCUT2D eigenvalue weighted by Crippen LogP contribution is -2.12. The van der Waals surface area contributed by atoms with E-state index in [0.29, 0.717) is 0 Å². The monoisotopic (exact) mass is 304 g/mol. The van der Waals surface area contributed by atoms with Crippen LogP contribution in [0.25, 0.3) is 0 Å². The Morgan fingerprint density at radius 3 is 1.55 bits per heavy atom. The van der Waals surface area contributed by atoms with E-state index in [0.717, 1.165) is 49.7 Å². The van der Waals surface area contributed by atoms with Crippen molar-refractivity contribution < 1.29 is 18.4 Å². The Labute approximate surface area is 128 Å². The van der Waals surface area contributed by atoms with E-state index in [4.69, 9.17) is 20.3 Å². The van der Waals surface area contributed by atoms with Crippen LogP contribution < -0.4 is 11.5 Å². The first-order valence-corrected chi connectivity index (χ1v) is 7.32. The Hall–Kier alpha value is -2.50. The molecule has 2 amide bonds. The molecule has 0 saturated carbocycles. The van der Waals surface area contributed by atoms with E-state index in [1.807, 2.05) is 0 Å². The molecule has 22 heavy (non-hydrogen) atoms. The molecule has 6 nitrogen and oxygen atoms in total. The molecule has 2 aromatic rings. The summed E-state index contributed by atoms with van der Waals surface area (Å²) >= 11 is 0. The van der Waals surface area contributed by atoms with Crippen molar-refractivity contribution in [3.05, 3.63) is 47.3 Å². The molecule has 2 rings (SSSR count). The molecule has 0 bridgehead atoms. The summed E-state index contributed by atoms with van der Waals surface area (Å²) in [7, 11) is 0. The van der Waals surface area contributed by atoms with Gasteiger partial charge in [-0.3, -0.25) is 9.59 Å². The average molecular weight is 304 g/mol. The highest BCUT2D eigenvalue weighted by atomic mass is 16.3. The number of carbonyl (C=O) groups excluding carboxylic acids is 2. The lowest BCUT2D eigenvalue weighted by Gasteiger charge is -2.02. The molecule has 0 atom stereocenters. The van der Waals surface area contributed by atoms with Gasteiger partial charge < -0.3 is 20.3 Å². The molecular formula is C16H20N2O4. The molecule has 6 heteroatoms. The van der Waals surface area contributed by atoms with Gasteiger partial charge in [-0.25, -0.2) is 0 Å². The van der Waals surface area contributed by atoms with E-state index in [-0.39, 0.29) is 11.5 Å². The fourth-order valence-corrected chi connectivity index (χ4v) is 2.48. The third-order valence-corrected chi connectivity index (χ3v) is 3.58. The second kappa shape index (κ2) is 7.49. The molecule has 0 fully saturated rings. The zero-order valence-corrected chi connectivity index (χ0v) is 12.3. The van der Waals surface area contributed by atoms with E-state index in [9.17, 15) is 9.59 Å². The number of hydrogen-bond acceptors (Lipinski definition) is 4. The smallest absolute Gasteiger partial charge is 0.284 e. The maximum atomic E-state index is 11.1. The van der Waals surface area contributed by atoms with Gasteiger partial charge in [0.05, 0.1) is 12.5 Å². The van der Waals surface area contributed by atoms with Crippen molar-refractivity contribution in [3.8, 4) is 0 Å². The quantitative estimate of drug-likeness (QED) is 0.692. The standard InChI is InChI=1S/C16H20N2O4/c17-15(19)13-11(7-9-21-13)5-3-1-2-4-6-12-8-10-22-14(12)16(18)20/h7-10H,1-6H2,(H2,17,19)(H2,18,20). The van der Waals surface area contributed by atoms with E-state index in [2.05, 4.69) is 0 Å². The normalized spacial score (nSPS) is 10.7. The molecule has 0 saturated heterocycles. The van der Waals surface area contributed by atoms with Crippen LogP contribution in [0.4, 0.5) is 0 Å². The van der Waals surface area contributed by atoms with E-state index in [1.165, 1.54) is 12.5 Å². The van der Waals surface area contributed by atoms with Crippen LogP contribution in [0.2, 0.25) is 0 Å². The maximum Gasteiger partial charge on any atom is 0.284 e. The van der Waals surface area contributed by atoms with E-state index < -0.39 is 11.8 Å². The minimum absolute atomic E-state index is 0.254. The summed E-state index contributed by atoms with van der Waals surface area (Å²) in [6.07, 6.45) is 8.46. The van der Waals surface area contributed by atoms with Crippen molar-refractivity contribution in [2.24, 2.45) is 11.5 Å². The second-order valence-corrected chi connectivity index (χ2v) is 5.19. The van der Waals surface area contributed by atoms with Gasteiger partial charge in [0.1, 0.15) is 0 Å². The van der Waals surface area contributed by atoms with Crippen LogP contribution in [-0.2, 0) is 12.8 Å². The van der Waals surface area contributed by atoms with Crippen LogP contribution in [0.3, 0.4) is 0 Å². The topological polar surface area (TPSA) is 112 Å². The van der Waals surface area contributed by atoms with Crippen LogP contribution in [0.15, 0.2) is 33.5 Å². The largest absolute Gasteiger partial charge is 0.459 e. The lowest BCUT2D eigenvalue weighted by atomic mass is 10.0. The Morgan fingerprint density at radius 2 is 1.18 bits per heavy atom. The molecule has 0 unspecified atom stereocenters. The summed E-state index contributed by atoms with van der Waals surface area (Å²) in [6.45, 7) is 0. The van der Waals surface area contributed by atoms with Crippen molar-refractivity contribution in [2.75, 3.05) is 0 Å². The Balaban J connectivity index is 1.67. The molecule has 0 radical (unpaired) electrons. The molecule has 2 aromatic heterocycles. The van der Waals surface area contributed by atoms with Gasteiger partial charge in [-0.05, 0) is 37.8 Å². The van der Waals surface area contributed by atoms with Gasteiger partial charge in [0.2, 0.25) is 0 Å². The number of rotatable bonds is 9. The first kappa shape index (κ1) is 15.9. The van der Waals surface area contributed by atoms with Gasteiger partial charge in [-0.1, -0.05) is 12.8 Å². The van der Waals surface area contributed by atoms with Crippen molar-refractivity contribution in [1.29, 1.82) is 0 Å². The van der Waals surface area contributed by atoms with Crippen LogP contribution in [0.1, 0.15) is 57.9 Å². The number of hydrogen-bond donors (Lipinski definition) is 2. The zero-order chi connectivity index (χ0) is 15.9. The summed E-state index contributed by atoms with van der Waals surface area (Å²) in [6, 6.07) is 3.56. The number of aryl methyl sites for hydroxylation is 2. The van der Waals surface area contributed by atoms with Crippen molar-refractivity contribution in [3.63, 3.8) is 0 Å². The number of nitrogens with two attached hydrogens (primary N) is 2. The molecule has 2 heterocycles. The highest BCUT2D eigenvalue weighted by molar-refractivity contribution is 5.91.